The third-order valence-electron chi connectivity index (χ3n) is 5.49. The molecule has 1 aromatic heterocycles. The van der Waals surface area contributed by atoms with Gasteiger partial charge in [0, 0.05) is 11.1 Å². The van der Waals surface area contributed by atoms with Crippen molar-refractivity contribution in [3.63, 3.8) is 0 Å². The van der Waals surface area contributed by atoms with E-state index in [0.29, 0.717) is 11.7 Å². The van der Waals surface area contributed by atoms with Crippen LogP contribution in [0.3, 0.4) is 0 Å². The summed E-state index contributed by atoms with van der Waals surface area (Å²) in [5.74, 6) is 0.955. The van der Waals surface area contributed by atoms with E-state index < -0.39 is 0 Å². The van der Waals surface area contributed by atoms with E-state index in [1.165, 1.54) is 35.9 Å². The number of aromatic nitrogens is 2. The monoisotopic (exact) mass is 324 g/mol. The summed E-state index contributed by atoms with van der Waals surface area (Å²) in [6.45, 7) is 6.96. The third kappa shape index (κ3) is 2.50. The minimum atomic E-state index is -0.0770. The van der Waals surface area contributed by atoms with Crippen LogP contribution in [0.2, 0.25) is 0 Å². The van der Waals surface area contributed by atoms with Gasteiger partial charge in [0.1, 0.15) is 5.51 Å². The first-order valence-electron chi connectivity index (χ1n) is 7.18. The van der Waals surface area contributed by atoms with Crippen molar-refractivity contribution in [3.05, 3.63) is 5.51 Å². The van der Waals surface area contributed by atoms with Crippen LogP contribution in [0.5, 0.6) is 0 Å². The molecule has 5 nitrogen and oxygen atoms in total. The van der Waals surface area contributed by atoms with Crippen molar-refractivity contribution in [3.8, 4) is 0 Å². The van der Waals surface area contributed by atoms with Gasteiger partial charge in [-0.05, 0) is 30.6 Å². The summed E-state index contributed by atoms with van der Waals surface area (Å²) < 4.78 is 0.811. The quantitative estimate of drug-likeness (QED) is 0.683. The second-order valence-electron chi connectivity index (χ2n) is 6.58. The number of nitrogens with zero attached hydrogens (tertiary/aromatic N) is 3. The molecule has 114 valence electrons. The largest absolute Gasteiger partial charge is 0.272 e. The number of rotatable bonds is 4. The number of hydrogen-bond donors (Lipinski definition) is 1. The maximum Gasteiger partial charge on any atom is 0.250 e. The van der Waals surface area contributed by atoms with Gasteiger partial charge in [-0.25, -0.2) is 5.43 Å². The standard InChI is InChI=1S/C14H20N4OS2/c1-13(2)9-4-5-14(13,3)10(6-9)16-17-11(19)7-20-12-18-15-8-21-12/h8-9H,4-7H2,1-3H3,(H,17,19)/b16-10+. The average Bonchev–Trinajstić information content (AvgIpc) is 3.08. The number of thioether (sulfide) groups is 1. The maximum atomic E-state index is 11.9. The molecule has 2 fully saturated rings. The van der Waals surface area contributed by atoms with Crippen LogP contribution in [0.25, 0.3) is 0 Å². The lowest BCUT2D eigenvalue weighted by Gasteiger charge is -2.34. The molecule has 2 atom stereocenters. The molecule has 0 saturated heterocycles. The fourth-order valence-corrected chi connectivity index (χ4v) is 4.89. The van der Waals surface area contributed by atoms with Crippen molar-refractivity contribution >= 4 is 34.7 Å². The van der Waals surface area contributed by atoms with Crippen LogP contribution in [-0.4, -0.2) is 27.6 Å². The van der Waals surface area contributed by atoms with Crippen LogP contribution < -0.4 is 5.43 Å². The lowest BCUT2D eigenvalue weighted by Crippen LogP contribution is -2.34. The first-order valence-corrected chi connectivity index (χ1v) is 9.05. The maximum absolute atomic E-state index is 11.9. The Hall–Kier alpha value is -0.950. The van der Waals surface area contributed by atoms with E-state index in [-0.39, 0.29) is 16.7 Å². The van der Waals surface area contributed by atoms with Gasteiger partial charge in [-0.2, -0.15) is 5.10 Å². The van der Waals surface area contributed by atoms with E-state index in [1.54, 1.807) is 5.51 Å². The second-order valence-corrected chi connectivity index (χ2v) is 8.64. The molecular weight excluding hydrogens is 304 g/mol. The number of hydrazone groups is 1. The Morgan fingerprint density at radius 3 is 2.95 bits per heavy atom. The van der Waals surface area contributed by atoms with Crippen LogP contribution >= 0.6 is 23.1 Å². The Labute approximate surface area is 133 Å². The number of amides is 1. The molecule has 3 rings (SSSR count). The summed E-state index contributed by atoms with van der Waals surface area (Å²) in [5, 5.41) is 12.1. The van der Waals surface area contributed by atoms with Gasteiger partial charge >= 0.3 is 0 Å². The Morgan fingerprint density at radius 2 is 2.38 bits per heavy atom. The van der Waals surface area contributed by atoms with Gasteiger partial charge in [0.2, 0.25) is 0 Å². The normalized spacial score (nSPS) is 31.8. The molecule has 7 heteroatoms. The van der Waals surface area contributed by atoms with Crippen molar-refractivity contribution in [2.75, 3.05) is 5.75 Å². The first-order chi connectivity index (χ1) is 9.93. The molecule has 21 heavy (non-hydrogen) atoms. The molecule has 2 unspecified atom stereocenters. The average molecular weight is 324 g/mol. The van der Waals surface area contributed by atoms with Crippen molar-refractivity contribution in [1.29, 1.82) is 0 Å². The summed E-state index contributed by atoms with van der Waals surface area (Å²) in [7, 11) is 0. The highest BCUT2D eigenvalue weighted by molar-refractivity contribution is 8.01. The highest BCUT2D eigenvalue weighted by atomic mass is 32.2. The smallest absolute Gasteiger partial charge is 0.250 e. The summed E-state index contributed by atoms with van der Waals surface area (Å²) in [6, 6.07) is 0. The molecule has 2 bridgehead atoms. The highest BCUT2D eigenvalue weighted by Crippen LogP contribution is 2.63. The minimum Gasteiger partial charge on any atom is -0.272 e. The molecule has 0 radical (unpaired) electrons. The van der Waals surface area contributed by atoms with Gasteiger partial charge in [0.05, 0.1) is 5.75 Å². The van der Waals surface area contributed by atoms with Crippen LogP contribution in [0.4, 0.5) is 0 Å². The van der Waals surface area contributed by atoms with Gasteiger partial charge in [-0.3, -0.25) is 4.79 Å². The van der Waals surface area contributed by atoms with E-state index in [0.717, 1.165) is 16.5 Å². The molecule has 2 saturated carbocycles. The number of hydrogen-bond acceptors (Lipinski definition) is 6. The molecule has 1 aromatic rings. The first kappa shape index (κ1) is 15.0. The van der Waals surface area contributed by atoms with E-state index in [1.807, 2.05) is 0 Å². The van der Waals surface area contributed by atoms with Crippen molar-refractivity contribution < 1.29 is 4.79 Å². The number of fused-ring (bicyclic) bond motifs is 2. The van der Waals surface area contributed by atoms with Gasteiger partial charge in [0.25, 0.3) is 5.91 Å². The van der Waals surface area contributed by atoms with Crippen molar-refractivity contribution in [2.45, 2.75) is 44.4 Å². The van der Waals surface area contributed by atoms with Crippen LogP contribution in [0.15, 0.2) is 15.0 Å². The predicted octanol–water partition coefficient (Wildman–Crippen LogP) is 2.95. The van der Waals surface area contributed by atoms with E-state index in [2.05, 4.69) is 41.5 Å². The van der Waals surface area contributed by atoms with Crippen molar-refractivity contribution in [1.82, 2.24) is 15.6 Å². The molecular formula is C14H20N4OS2. The zero-order valence-electron chi connectivity index (χ0n) is 12.5. The molecule has 1 N–H and O–H groups in total. The lowest BCUT2D eigenvalue weighted by molar-refractivity contribution is -0.118. The van der Waals surface area contributed by atoms with Crippen LogP contribution in [0, 0.1) is 16.7 Å². The summed E-state index contributed by atoms with van der Waals surface area (Å²) in [4.78, 5) is 11.9. The summed E-state index contributed by atoms with van der Waals surface area (Å²) in [5.41, 5.74) is 5.98. The van der Waals surface area contributed by atoms with Crippen LogP contribution in [0.1, 0.15) is 40.0 Å². The zero-order valence-corrected chi connectivity index (χ0v) is 14.2. The molecule has 1 heterocycles. The SMILES string of the molecule is CC12CCC(C/C1=N\NC(=O)CSc1nncs1)C2(C)C. The summed E-state index contributed by atoms with van der Waals surface area (Å²) >= 11 is 2.84. The molecule has 2 aliphatic carbocycles. The second kappa shape index (κ2) is 5.35. The minimum absolute atomic E-state index is 0.0770. The number of carbonyl (C=O) groups excluding carboxylic acids is 1. The van der Waals surface area contributed by atoms with Gasteiger partial charge in [-0.1, -0.05) is 43.9 Å². The predicted molar refractivity (Wildman–Crippen MR) is 85.4 cm³/mol. The Balaban J connectivity index is 1.58. The molecule has 2 aliphatic rings. The van der Waals surface area contributed by atoms with E-state index in [9.17, 15) is 4.79 Å². The fraction of sp³-hybridized carbons (Fsp3) is 0.714. The van der Waals surface area contributed by atoms with E-state index >= 15 is 0 Å². The van der Waals surface area contributed by atoms with E-state index in [4.69, 9.17) is 0 Å². The van der Waals surface area contributed by atoms with Gasteiger partial charge in [0.15, 0.2) is 4.34 Å². The molecule has 0 spiro atoms. The Kier molecular flexibility index (Phi) is 3.81. The number of nitrogens with one attached hydrogen (secondary N) is 1. The lowest BCUT2D eigenvalue weighted by atomic mass is 9.70. The topological polar surface area (TPSA) is 67.2 Å². The van der Waals surface area contributed by atoms with Gasteiger partial charge < -0.3 is 0 Å². The third-order valence-corrected chi connectivity index (χ3v) is 7.35. The Bertz CT molecular complexity index is 570. The summed E-state index contributed by atoms with van der Waals surface area (Å²) in [6.07, 6.45) is 3.48. The highest BCUT2D eigenvalue weighted by Gasteiger charge is 2.59. The number of carbonyl (C=O) groups is 1. The fourth-order valence-electron chi connectivity index (χ4n) is 3.61. The molecule has 1 amide bonds. The van der Waals surface area contributed by atoms with Crippen molar-refractivity contribution in [2.24, 2.45) is 21.8 Å². The Morgan fingerprint density at radius 1 is 1.57 bits per heavy atom. The van der Waals surface area contributed by atoms with Gasteiger partial charge in [-0.15, -0.1) is 10.2 Å². The molecule has 0 aromatic carbocycles. The molecule has 0 aliphatic heterocycles. The van der Waals surface area contributed by atoms with Crippen LogP contribution in [-0.2, 0) is 4.79 Å². The zero-order chi connectivity index (χ0) is 15.1.